The van der Waals surface area contributed by atoms with Gasteiger partial charge in [-0.1, -0.05) is 13.8 Å². The smallest absolute Gasteiger partial charge is 0.319 e. The van der Waals surface area contributed by atoms with E-state index < -0.39 is 5.54 Å². The molecule has 0 bridgehead atoms. The van der Waals surface area contributed by atoms with Crippen LogP contribution in [0.5, 0.6) is 5.75 Å². The minimum atomic E-state index is -0.493. The first-order valence-corrected chi connectivity index (χ1v) is 7.04. The standard InChI is InChI=1S/C15H21N3O2/c1-14(2)5-7-15(8-6-14)11-10(17-13(20)18-15)4-3-9(16)12(11)19/h3-4,19H,5-8,16H2,1-2H3,(H2,17,18,20). The van der Waals surface area contributed by atoms with E-state index in [0.29, 0.717) is 11.4 Å². The van der Waals surface area contributed by atoms with E-state index in [1.807, 2.05) is 0 Å². The molecule has 3 rings (SSSR count). The lowest BCUT2D eigenvalue weighted by atomic mass is 9.66. The Bertz CT molecular complexity index is 571. The molecule has 0 aromatic heterocycles. The van der Waals surface area contributed by atoms with Crippen molar-refractivity contribution in [3.63, 3.8) is 0 Å². The van der Waals surface area contributed by atoms with Gasteiger partial charge in [0.1, 0.15) is 5.75 Å². The lowest BCUT2D eigenvalue weighted by Gasteiger charge is -2.47. The van der Waals surface area contributed by atoms with Crippen LogP contribution in [0.1, 0.15) is 45.1 Å². The SMILES string of the molecule is CC1(C)CCC2(CC1)NC(=O)Nc1ccc(N)c(O)c12. The second-order valence-electron chi connectivity index (χ2n) is 6.75. The molecule has 2 aliphatic rings. The lowest BCUT2D eigenvalue weighted by molar-refractivity contribution is 0.135. The Morgan fingerprint density at radius 1 is 1.20 bits per heavy atom. The highest BCUT2D eigenvalue weighted by atomic mass is 16.3. The molecule has 1 aromatic carbocycles. The summed E-state index contributed by atoms with van der Waals surface area (Å²) in [4.78, 5) is 11.9. The topological polar surface area (TPSA) is 87.4 Å². The highest BCUT2D eigenvalue weighted by Gasteiger charge is 2.46. The van der Waals surface area contributed by atoms with E-state index in [0.717, 1.165) is 31.2 Å². The van der Waals surface area contributed by atoms with E-state index in [4.69, 9.17) is 5.73 Å². The van der Waals surface area contributed by atoms with Gasteiger partial charge in [-0.05, 0) is 43.2 Å². The maximum Gasteiger partial charge on any atom is 0.319 e. The molecule has 1 aliphatic heterocycles. The molecule has 0 radical (unpaired) electrons. The van der Waals surface area contributed by atoms with Crippen LogP contribution in [0.25, 0.3) is 0 Å². The average molecular weight is 275 g/mol. The second kappa shape index (κ2) is 4.04. The van der Waals surface area contributed by atoms with Crippen LogP contribution in [0.2, 0.25) is 0 Å². The van der Waals surface area contributed by atoms with Gasteiger partial charge in [-0.25, -0.2) is 4.79 Å². The van der Waals surface area contributed by atoms with Gasteiger partial charge in [0, 0.05) is 5.56 Å². The number of phenolic OH excluding ortho intramolecular Hbond substituents is 1. The van der Waals surface area contributed by atoms with Crippen molar-refractivity contribution in [3.05, 3.63) is 17.7 Å². The summed E-state index contributed by atoms with van der Waals surface area (Å²) in [6.07, 6.45) is 3.64. The zero-order valence-corrected chi connectivity index (χ0v) is 11.9. The fraction of sp³-hybridized carbons (Fsp3) is 0.533. The van der Waals surface area contributed by atoms with Gasteiger partial charge in [-0.15, -0.1) is 0 Å². The number of benzene rings is 1. The summed E-state index contributed by atoms with van der Waals surface area (Å²) in [5.74, 6) is 0.0923. The van der Waals surface area contributed by atoms with Crippen LogP contribution in [0, 0.1) is 5.41 Å². The van der Waals surface area contributed by atoms with Crippen LogP contribution >= 0.6 is 0 Å². The van der Waals surface area contributed by atoms with Gasteiger partial charge in [-0.3, -0.25) is 0 Å². The first-order chi connectivity index (χ1) is 9.33. The maximum absolute atomic E-state index is 11.9. The van der Waals surface area contributed by atoms with Crippen molar-refractivity contribution >= 4 is 17.4 Å². The third-order valence-electron chi connectivity index (χ3n) is 4.75. The molecule has 1 fully saturated rings. The van der Waals surface area contributed by atoms with E-state index in [-0.39, 0.29) is 17.2 Å². The average Bonchev–Trinajstić information content (AvgIpc) is 2.37. The van der Waals surface area contributed by atoms with Crippen LogP contribution in [-0.2, 0) is 5.54 Å². The number of carbonyl (C=O) groups is 1. The van der Waals surface area contributed by atoms with Gasteiger partial charge in [0.2, 0.25) is 0 Å². The van der Waals surface area contributed by atoms with E-state index in [1.165, 1.54) is 0 Å². The molecule has 0 saturated heterocycles. The zero-order chi connectivity index (χ0) is 14.5. The van der Waals surface area contributed by atoms with Gasteiger partial charge in [0.15, 0.2) is 0 Å². The van der Waals surface area contributed by atoms with Crippen molar-refractivity contribution in [2.45, 2.75) is 45.1 Å². The van der Waals surface area contributed by atoms with Crippen molar-refractivity contribution < 1.29 is 9.90 Å². The lowest BCUT2D eigenvalue weighted by Crippen LogP contribution is -2.54. The normalized spacial score (nSPS) is 22.8. The summed E-state index contributed by atoms with van der Waals surface area (Å²) < 4.78 is 0. The number of anilines is 2. The minimum absolute atomic E-state index is 0.0923. The van der Waals surface area contributed by atoms with Crippen LogP contribution in [0.3, 0.4) is 0 Å². The van der Waals surface area contributed by atoms with Crippen LogP contribution in [0.4, 0.5) is 16.2 Å². The van der Waals surface area contributed by atoms with Gasteiger partial charge in [0.05, 0.1) is 16.9 Å². The summed E-state index contributed by atoms with van der Waals surface area (Å²) in [6, 6.07) is 3.19. The molecule has 1 aliphatic carbocycles. The highest BCUT2D eigenvalue weighted by Crippen LogP contribution is 2.51. The number of phenols is 1. The summed E-state index contributed by atoms with van der Waals surface area (Å²) in [5, 5.41) is 16.1. The van der Waals surface area contributed by atoms with Crippen LogP contribution in [-0.4, -0.2) is 11.1 Å². The molecule has 5 N–H and O–H groups in total. The van der Waals surface area contributed by atoms with E-state index >= 15 is 0 Å². The molecule has 1 spiro atoms. The molecule has 1 heterocycles. The maximum atomic E-state index is 11.9. The molecule has 5 heteroatoms. The highest BCUT2D eigenvalue weighted by molar-refractivity contribution is 5.95. The number of rotatable bonds is 0. The molecule has 1 saturated carbocycles. The third-order valence-corrected chi connectivity index (χ3v) is 4.75. The molecule has 20 heavy (non-hydrogen) atoms. The molecular weight excluding hydrogens is 254 g/mol. The van der Waals surface area contributed by atoms with Crippen molar-refractivity contribution in [1.82, 2.24) is 5.32 Å². The predicted molar refractivity (Wildman–Crippen MR) is 78.6 cm³/mol. The van der Waals surface area contributed by atoms with Crippen molar-refractivity contribution in [2.24, 2.45) is 5.41 Å². The quantitative estimate of drug-likeness (QED) is 0.433. The Morgan fingerprint density at radius 2 is 1.85 bits per heavy atom. The summed E-state index contributed by atoms with van der Waals surface area (Å²) in [5.41, 5.74) is 7.38. The summed E-state index contributed by atoms with van der Waals surface area (Å²) in [7, 11) is 0. The summed E-state index contributed by atoms with van der Waals surface area (Å²) in [6.45, 7) is 4.48. The second-order valence-corrected chi connectivity index (χ2v) is 6.75. The number of amides is 2. The molecule has 2 amide bonds. The predicted octanol–water partition coefficient (Wildman–Crippen LogP) is 2.90. The number of nitrogen functional groups attached to an aromatic ring is 1. The van der Waals surface area contributed by atoms with Crippen molar-refractivity contribution in [2.75, 3.05) is 11.1 Å². The number of urea groups is 1. The first-order valence-electron chi connectivity index (χ1n) is 7.04. The van der Waals surface area contributed by atoms with Gasteiger partial charge in [0.25, 0.3) is 0 Å². The Labute approximate surface area is 118 Å². The molecule has 1 aromatic rings. The number of hydrogen-bond donors (Lipinski definition) is 4. The fourth-order valence-corrected chi connectivity index (χ4v) is 3.36. The molecule has 0 unspecified atom stereocenters. The number of aromatic hydroxyl groups is 1. The number of carbonyl (C=O) groups excluding carboxylic acids is 1. The number of nitrogens with one attached hydrogen (secondary N) is 2. The number of hydrogen-bond acceptors (Lipinski definition) is 3. The van der Waals surface area contributed by atoms with Crippen molar-refractivity contribution in [1.29, 1.82) is 0 Å². The monoisotopic (exact) mass is 275 g/mol. The molecule has 0 atom stereocenters. The largest absolute Gasteiger partial charge is 0.505 e. The molecule has 108 valence electrons. The first kappa shape index (κ1) is 13.1. The molecular formula is C15H21N3O2. The number of fused-ring (bicyclic) bond motifs is 2. The van der Waals surface area contributed by atoms with Crippen LogP contribution in [0.15, 0.2) is 12.1 Å². The van der Waals surface area contributed by atoms with Crippen molar-refractivity contribution in [3.8, 4) is 5.75 Å². The summed E-state index contributed by atoms with van der Waals surface area (Å²) >= 11 is 0. The number of nitrogens with two attached hydrogens (primary N) is 1. The van der Waals surface area contributed by atoms with Gasteiger partial charge in [-0.2, -0.15) is 0 Å². The third kappa shape index (κ3) is 1.88. The fourth-order valence-electron chi connectivity index (χ4n) is 3.36. The van der Waals surface area contributed by atoms with E-state index in [9.17, 15) is 9.90 Å². The van der Waals surface area contributed by atoms with E-state index in [1.54, 1.807) is 12.1 Å². The molecule has 5 nitrogen and oxygen atoms in total. The van der Waals surface area contributed by atoms with Gasteiger partial charge >= 0.3 is 6.03 Å². The Morgan fingerprint density at radius 3 is 2.50 bits per heavy atom. The minimum Gasteiger partial charge on any atom is -0.505 e. The van der Waals surface area contributed by atoms with Gasteiger partial charge < -0.3 is 21.5 Å². The van der Waals surface area contributed by atoms with Crippen LogP contribution < -0.4 is 16.4 Å². The Kier molecular flexibility index (Phi) is 2.64. The van der Waals surface area contributed by atoms with E-state index in [2.05, 4.69) is 24.5 Å². The zero-order valence-electron chi connectivity index (χ0n) is 11.9. The Balaban J connectivity index is 2.10. The Hall–Kier alpha value is -1.91.